The van der Waals surface area contributed by atoms with E-state index in [-0.39, 0.29) is 30.6 Å². The quantitative estimate of drug-likeness (QED) is 0.403. The number of nitrogens with zero attached hydrogens (tertiary/aromatic N) is 3. The summed E-state index contributed by atoms with van der Waals surface area (Å²) in [6.45, 7) is 8.29. The fraction of sp³-hybridized carbons (Fsp3) is 0.731. The normalized spacial score (nSPS) is 21.1. The number of rotatable bonds is 12. The lowest BCUT2D eigenvalue weighted by molar-refractivity contribution is -0.135. The molecule has 1 saturated heterocycles. The van der Waals surface area contributed by atoms with Gasteiger partial charge >= 0.3 is 0 Å². The van der Waals surface area contributed by atoms with Crippen LogP contribution in [0.25, 0.3) is 0 Å². The fourth-order valence-electron chi connectivity index (χ4n) is 5.50. The molecule has 2 atom stereocenters. The van der Waals surface area contributed by atoms with E-state index in [1.54, 1.807) is 38.0 Å². The van der Waals surface area contributed by atoms with Crippen LogP contribution in [0.5, 0.6) is 5.75 Å². The summed E-state index contributed by atoms with van der Waals surface area (Å²) in [4.78, 5) is 17.2. The van der Waals surface area contributed by atoms with Crippen LogP contribution in [-0.4, -0.2) is 95.6 Å². The Bertz CT molecular complexity index is 939. The molecule has 1 saturated carbocycles. The molecule has 0 spiro atoms. The molecule has 198 valence electrons. The van der Waals surface area contributed by atoms with Gasteiger partial charge in [0.15, 0.2) is 0 Å². The van der Waals surface area contributed by atoms with Crippen molar-refractivity contribution in [1.29, 1.82) is 0 Å². The third-order valence-electron chi connectivity index (χ3n) is 7.44. The van der Waals surface area contributed by atoms with Crippen molar-refractivity contribution in [3.63, 3.8) is 0 Å². The predicted octanol–water partition coefficient (Wildman–Crippen LogP) is 2.92. The van der Waals surface area contributed by atoms with Crippen LogP contribution in [0.3, 0.4) is 0 Å². The number of ether oxygens (including phenoxy) is 2. The third-order valence-corrected chi connectivity index (χ3v) is 9.60. The predicted molar refractivity (Wildman–Crippen MR) is 137 cm³/mol. The van der Waals surface area contributed by atoms with Gasteiger partial charge in [-0.05, 0) is 94.1 Å². The Labute approximate surface area is 211 Å². The first-order valence-electron chi connectivity index (χ1n) is 12.8. The number of benzene rings is 1. The number of amides is 1. The lowest BCUT2D eigenvalue weighted by Gasteiger charge is -2.23. The average Bonchev–Trinajstić information content (AvgIpc) is 3.47. The lowest BCUT2D eigenvalue weighted by Crippen LogP contribution is -2.35. The van der Waals surface area contributed by atoms with E-state index in [2.05, 4.69) is 4.90 Å². The van der Waals surface area contributed by atoms with Gasteiger partial charge < -0.3 is 19.3 Å². The highest BCUT2D eigenvalue weighted by molar-refractivity contribution is 7.89. The zero-order valence-electron chi connectivity index (χ0n) is 22.1. The molecule has 1 amide bonds. The zero-order chi connectivity index (χ0) is 25.6. The molecule has 1 aromatic carbocycles. The van der Waals surface area contributed by atoms with Crippen molar-refractivity contribution >= 4 is 15.9 Å². The molecule has 1 heterocycles. The topological polar surface area (TPSA) is 79.4 Å². The van der Waals surface area contributed by atoms with E-state index >= 15 is 0 Å². The van der Waals surface area contributed by atoms with Gasteiger partial charge in [-0.3, -0.25) is 4.79 Å². The minimum atomic E-state index is -3.67. The molecule has 0 aromatic heterocycles. The van der Waals surface area contributed by atoms with E-state index in [4.69, 9.17) is 9.47 Å². The Morgan fingerprint density at radius 1 is 1.09 bits per heavy atom. The molecule has 0 bridgehead atoms. The number of aryl methyl sites for hydroxylation is 2. The maximum absolute atomic E-state index is 13.1. The van der Waals surface area contributed by atoms with E-state index in [9.17, 15) is 13.2 Å². The van der Waals surface area contributed by atoms with Gasteiger partial charge in [0.05, 0.1) is 18.6 Å². The summed E-state index contributed by atoms with van der Waals surface area (Å²) in [6, 6.07) is 3.44. The van der Waals surface area contributed by atoms with E-state index in [1.807, 2.05) is 7.05 Å². The molecule has 1 aromatic rings. The third kappa shape index (κ3) is 7.41. The minimum Gasteiger partial charge on any atom is -0.497 e. The second kappa shape index (κ2) is 12.5. The first-order chi connectivity index (χ1) is 16.6. The van der Waals surface area contributed by atoms with Crippen LogP contribution in [0, 0.1) is 25.7 Å². The lowest BCUT2D eigenvalue weighted by atomic mass is 10.0. The number of likely N-dealkylation sites (N-methyl/N-ethyl adjacent to an activating group) is 2. The Hall–Kier alpha value is -1.68. The molecule has 0 unspecified atom stereocenters. The number of carbonyl (C=O) groups excluding carboxylic acids is 1. The molecule has 8 nitrogen and oxygen atoms in total. The van der Waals surface area contributed by atoms with Gasteiger partial charge in [-0.1, -0.05) is 0 Å². The van der Waals surface area contributed by atoms with Crippen LogP contribution in [0.4, 0.5) is 0 Å². The molecule has 2 fully saturated rings. The van der Waals surface area contributed by atoms with Gasteiger partial charge in [-0.25, -0.2) is 8.42 Å². The molecule has 3 rings (SSSR count). The van der Waals surface area contributed by atoms with Crippen LogP contribution >= 0.6 is 0 Å². The zero-order valence-corrected chi connectivity index (χ0v) is 22.9. The van der Waals surface area contributed by atoms with Crippen LogP contribution in [0.15, 0.2) is 17.0 Å². The molecule has 1 aliphatic heterocycles. The minimum absolute atomic E-state index is 0.0328. The number of hydrogen-bond acceptors (Lipinski definition) is 6. The molecule has 35 heavy (non-hydrogen) atoms. The van der Waals surface area contributed by atoms with Crippen molar-refractivity contribution in [3.8, 4) is 5.75 Å². The summed E-state index contributed by atoms with van der Waals surface area (Å²) < 4.78 is 38.3. The number of methoxy groups -OCH3 is 1. The second-order valence-corrected chi connectivity index (χ2v) is 12.3. The highest BCUT2D eigenvalue weighted by atomic mass is 32.2. The highest BCUT2D eigenvalue weighted by Gasteiger charge is 2.29. The smallest absolute Gasteiger partial charge is 0.248 e. The van der Waals surface area contributed by atoms with Crippen molar-refractivity contribution in [1.82, 2.24) is 14.1 Å². The largest absolute Gasteiger partial charge is 0.497 e. The van der Waals surface area contributed by atoms with Crippen LogP contribution in [-0.2, 0) is 19.6 Å². The fourth-order valence-corrected chi connectivity index (χ4v) is 7.06. The van der Waals surface area contributed by atoms with Crippen LogP contribution in [0.1, 0.15) is 43.2 Å². The summed E-state index contributed by atoms with van der Waals surface area (Å²) in [5.74, 6) is 1.89. The Kier molecular flexibility index (Phi) is 9.98. The first kappa shape index (κ1) is 27.9. The van der Waals surface area contributed by atoms with Gasteiger partial charge in [0.2, 0.25) is 15.9 Å². The summed E-state index contributed by atoms with van der Waals surface area (Å²) in [6.07, 6.45) is 6.30. The Morgan fingerprint density at radius 3 is 2.34 bits per heavy atom. The maximum Gasteiger partial charge on any atom is 0.248 e. The van der Waals surface area contributed by atoms with Gasteiger partial charge in [-0.15, -0.1) is 0 Å². The van der Waals surface area contributed by atoms with Crippen molar-refractivity contribution in [2.75, 3.05) is 67.1 Å². The van der Waals surface area contributed by atoms with E-state index < -0.39 is 10.0 Å². The number of sulfonamides is 1. The number of hydrogen-bond donors (Lipinski definition) is 0. The Balaban J connectivity index is 1.39. The van der Waals surface area contributed by atoms with E-state index in [0.29, 0.717) is 22.8 Å². The monoisotopic (exact) mass is 509 g/mol. The first-order valence-corrected chi connectivity index (χ1v) is 14.2. The molecular formula is C26H43N3O5S. The Morgan fingerprint density at radius 2 is 1.71 bits per heavy atom. The van der Waals surface area contributed by atoms with Gasteiger partial charge in [-0.2, -0.15) is 4.31 Å². The van der Waals surface area contributed by atoms with Gasteiger partial charge in [0.25, 0.3) is 0 Å². The summed E-state index contributed by atoms with van der Waals surface area (Å²) in [5.41, 5.74) is 1.28. The van der Waals surface area contributed by atoms with Gasteiger partial charge in [0, 0.05) is 33.7 Å². The van der Waals surface area contributed by atoms with Crippen LogP contribution < -0.4 is 4.74 Å². The number of likely N-dealkylation sites (tertiary alicyclic amines) is 1. The highest BCUT2D eigenvalue weighted by Crippen LogP contribution is 2.32. The van der Waals surface area contributed by atoms with Crippen molar-refractivity contribution in [2.45, 2.75) is 50.8 Å². The molecule has 1 aliphatic carbocycles. The SMILES string of the molecule is COc1cc(C)c(S(=O)(=O)N(C)CCOCC(=O)N(C)C[C@H]2CC[C@@H](CN3CCCC3)C2)c(C)c1. The second-order valence-electron chi connectivity index (χ2n) is 10.3. The standard InChI is InChI=1S/C26H43N3O5S/c1-20-14-24(33-5)15-21(2)26(20)35(31,32)28(4)12-13-34-19-25(30)27(3)17-22-8-9-23(16-22)18-29-10-6-7-11-29/h14-15,22-23H,6-13,16-19H2,1-5H3/t22-,23+/m0/s1. The van der Waals surface area contributed by atoms with Crippen molar-refractivity contribution in [3.05, 3.63) is 23.3 Å². The molecule has 0 N–H and O–H groups in total. The number of carbonyl (C=O) groups is 1. The van der Waals surface area contributed by atoms with Gasteiger partial charge in [0.1, 0.15) is 12.4 Å². The van der Waals surface area contributed by atoms with Crippen LogP contribution in [0.2, 0.25) is 0 Å². The summed E-state index contributed by atoms with van der Waals surface area (Å²) in [7, 11) is 1.26. The summed E-state index contributed by atoms with van der Waals surface area (Å²) >= 11 is 0. The molecule has 0 radical (unpaired) electrons. The van der Waals surface area contributed by atoms with E-state index in [0.717, 1.165) is 12.5 Å². The van der Waals surface area contributed by atoms with E-state index in [1.165, 1.54) is 63.1 Å². The summed E-state index contributed by atoms with van der Waals surface area (Å²) in [5, 5.41) is 0. The average molecular weight is 510 g/mol. The molecular weight excluding hydrogens is 466 g/mol. The molecule has 9 heteroatoms. The molecule has 2 aliphatic rings. The van der Waals surface area contributed by atoms with Crippen molar-refractivity contribution in [2.24, 2.45) is 11.8 Å². The van der Waals surface area contributed by atoms with Crippen molar-refractivity contribution < 1.29 is 22.7 Å². The maximum atomic E-state index is 13.1.